The van der Waals surface area contributed by atoms with Crippen LogP contribution in [-0.2, 0) is 4.79 Å². The number of para-hydroxylation sites is 1. The molecule has 1 aromatic carbocycles. The molecule has 35 heavy (non-hydrogen) atoms. The molecule has 6 rings (SSSR count). The molecule has 0 radical (unpaired) electrons. The molecule has 6 nitrogen and oxygen atoms in total. The molecule has 3 aromatic heterocycles. The van der Waals surface area contributed by atoms with Gasteiger partial charge in [-0.15, -0.1) is 22.7 Å². The number of carbonyl (C=O) groups excluding carboxylic acids is 1. The molecule has 1 aliphatic carbocycles. The predicted octanol–water partition coefficient (Wildman–Crippen LogP) is 6.27. The van der Waals surface area contributed by atoms with E-state index in [1.807, 2.05) is 19.1 Å². The number of nitrogens with one attached hydrogen (secondary N) is 1. The van der Waals surface area contributed by atoms with Crippen LogP contribution in [0.5, 0.6) is 0 Å². The Labute approximate surface area is 210 Å². The molecule has 4 aromatic rings. The summed E-state index contributed by atoms with van der Waals surface area (Å²) in [6, 6.07) is 13.1. The van der Waals surface area contributed by atoms with Crippen LogP contribution in [0.1, 0.15) is 61.6 Å². The number of aromatic nitrogens is 2. The van der Waals surface area contributed by atoms with Crippen LogP contribution in [0, 0.1) is 13.8 Å². The molecule has 0 amide bonds. The number of hydrogen-bond donors (Lipinski definition) is 2. The average molecular weight is 502 g/mol. The summed E-state index contributed by atoms with van der Waals surface area (Å²) in [5, 5.41) is 22.3. The van der Waals surface area contributed by atoms with E-state index in [1.54, 1.807) is 45.6 Å². The van der Waals surface area contributed by atoms with Crippen LogP contribution >= 0.6 is 22.7 Å². The quantitative estimate of drug-likeness (QED) is 0.344. The Balaban J connectivity index is 1.57. The molecule has 1 aliphatic heterocycles. The Morgan fingerprint density at radius 3 is 2.63 bits per heavy atom. The first-order valence-electron chi connectivity index (χ1n) is 11.5. The first-order valence-corrected chi connectivity index (χ1v) is 13.2. The highest BCUT2D eigenvalue weighted by Gasteiger charge is 2.42. The third-order valence-corrected chi connectivity index (χ3v) is 9.05. The number of fused-ring (bicyclic) bond motifs is 1. The minimum atomic E-state index is -1.01. The van der Waals surface area contributed by atoms with E-state index >= 15 is 0 Å². The lowest BCUT2D eigenvalue weighted by molar-refractivity contribution is -0.116. The monoisotopic (exact) mass is 501 g/mol. The van der Waals surface area contributed by atoms with Gasteiger partial charge in [0.05, 0.1) is 22.9 Å². The summed E-state index contributed by atoms with van der Waals surface area (Å²) in [5.74, 6) is -0.187. The smallest absolute Gasteiger partial charge is 0.337 e. The number of carboxylic acid groups (broad SMARTS) is 1. The number of aryl methyl sites for hydroxylation is 2. The van der Waals surface area contributed by atoms with Gasteiger partial charge in [-0.05, 0) is 60.9 Å². The van der Waals surface area contributed by atoms with E-state index in [9.17, 15) is 14.7 Å². The lowest BCUT2D eigenvalue weighted by Gasteiger charge is -2.35. The van der Waals surface area contributed by atoms with Crippen molar-refractivity contribution < 1.29 is 14.7 Å². The minimum Gasteiger partial charge on any atom is -0.478 e. The van der Waals surface area contributed by atoms with Crippen molar-refractivity contribution in [3.05, 3.63) is 96.6 Å². The van der Waals surface area contributed by atoms with Crippen molar-refractivity contribution in [2.24, 2.45) is 0 Å². The maximum atomic E-state index is 13.7. The number of hydrogen-bond acceptors (Lipinski definition) is 6. The number of aromatic carboxylic acids is 1. The molecule has 0 saturated carbocycles. The Bertz CT molecular complexity index is 1510. The number of ketones is 1. The highest BCUT2D eigenvalue weighted by atomic mass is 32.1. The maximum Gasteiger partial charge on any atom is 0.337 e. The zero-order valence-electron chi connectivity index (χ0n) is 19.2. The second-order valence-electron chi connectivity index (χ2n) is 9.04. The van der Waals surface area contributed by atoms with E-state index in [0.29, 0.717) is 12.1 Å². The van der Waals surface area contributed by atoms with Crippen LogP contribution in [0.15, 0.2) is 64.5 Å². The standard InChI is InChI=1S/C27H23N3O3S2/c1-14-9-11-35-25(14)24-22-15(2)29-30(19-7-4-3-6-17(19)27(32)33)26(22)28-18-12-16(13-20(31)23(18)24)21-8-5-10-34-21/h3-11,16,24,28H,12-13H2,1-2H3,(H,32,33)/t16-,24-/m1/s1. The number of rotatable bonds is 4. The lowest BCUT2D eigenvalue weighted by Crippen LogP contribution is -2.30. The second kappa shape index (κ2) is 8.32. The van der Waals surface area contributed by atoms with Gasteiger partial charge in [-0.25, -0.2) is 9.48 Å². The van der Waals surface area contributed by atoms with Crippen LogP contribution in [0.3, 0.4) is 0 Å². The Morgan fingerprint density at radius 1 is 1.09 bits per heavy atom. The lowest BCUT2D eigenvalue weighted by atomic mass is 9.75. The molecule has 0 fully saturated rings. The fourth-order valence-corrected chi connectivity index (χ4v) is 7.23. The number of thiophene rings is 2. The Hall–Kier alpha value is -3.49. The van der Waals surface area contributed by atoms with Crippen LogP contribution < -0.4 is 5.32 Å². The average Bonchev–Trinajstić information content (AvgIpc) is 3.59. The largest absolute Gasteiger partial charge is 0.478 e. The predicted molar refractivity (Wildman–Crippen MR) is 138 cm³/mol. The van der Waals surface area contributed by atoms with E-state index in [2.05, 4.69) is 35.1 Å². The summed E-state index contributed by atoms with van der Waals surface area (Å²) in [6.07, 6.45) is 1.22. The van der Waals surface area contributed by atoms with Crippen molar-refractivity contribution in [2.45, 2.75) is 38.5 Å². The number of carbonyl (C=O) groups is 2. The number of Topliss-reactive ketones (excluding diaryl/α,β-unsaturated/α-hetero) is 1. The van der Waals surface area contributed by atoms with Crippen molar-refractivity contribution in [1.29, 1.82) is 0 Å². The number of benzene rings is 1. The molecule has 0 spiro atoms. The topological polar surface area (TPSA) is 84.2 Å². The number of carboxylic acids is 1. The van der Waals surface area contributed by atoms with Gasteiger partial charge in [0.25, 0.3) is 0 Å². The normalized spacial score (nSPS) is 19.3. The molecule has 0 bridgehead atoms. The summed E-state index contributed by atoms with van der Waals surface area (Å²) in [5.41, 5.74) is 5.29. The SMILES string of the molecule is Cc1ccsc1[C@H]1C2=C(C[C@@H](c3cccs3)CC2=O)Nc2c1c(C)nn2-c1ccccc1C(=O)O. The highest BCUT2D eigenvalue weighted by Crippen LogP contribution is 2.51. The van der Waals surface area contributed by atoms with Crippen LogP contribution in [0.2, 0.25) is 0 Å². The van der Waals surface area contributed by atoms with Crippen LogP contribution in [0.25, 0.3) is 5.69 Å². The van der Waals surface area contributed by atoms with Crippen molar-refractivity contribution in [2.75, 3.05) is 5.32 Å². The molecule has 4 heterocycles. The molecule has 8 heteroatoms. The van der Waals surface area contributed by atoms with E-state index in [-0.39, 0.29) is 23.2 Å². The molecular weight excluding hydrogens is 478 g/mol. The first-order chi connectivity index (χ1) is 16.9. The van der Waals surface area contributed by atoms with Gasteiger partial charge < -0.3 is 10.4 Å². The van der Waals surface area contributed by atoms with Gasteiger partial charge in [-0.3, -0.25) is 4.79 Å². The van der Waals surface area contributed by atoms with Crippen LogP contribution in [-0.4, -0.2) is 26.6 Å². The summed E-state index contributed by atoms with van der Waals surface area (Å²) in [4.78, 5) is 28.0. The number of anilines is 1. The van der Waals surface area contributed by atoms with Crippen molar-refractivity contribution in [3.8, 4) is 5.69 Å². The molecule has 2 atom stereocenters. The van der Waals surface area contributed by atoms with Crippen LogP contribution in [0.4, 0.5) is 5.82 Å². The Morgan fingerprint density at radius 2 is 1.91 bits per heavy atom. The van der Waals surface area contributed by atoms with Gasteiger partial charge in [0.2, 0.25) is 0 Å². The molecular formula is C27H23N3O3S2. The molecule has 0 saturated heterocycles. The zero-order chi connectivity index (χ0) is 24.3. The maximum absolute atomic E-state index is 13.7. The van der Waals surface area contributed by atoms with E-state index in [1.165, 1.54) is 4.88 Å². The Kier molecular flexibility index (Phi) is 5.23. The minimum absolute atomic E-state index is 0.129. The molecule has 2 aliphatic rings. The summed E-state index contributed by atoms with van der Waals surface area (Å²) >= 11 is 3.34. The van der Waals surface area contributed by atoms with Gasteiger partial charge in [0.1, 0.15) is 5.82 Å². The molecule has 0 unspecified atom stereocenters. The van der Waals surface area contributed by atoms with E-state index in [4.69, 9.17) is 5.10 Å². The van der Waals surface area contributed by atoms with Gasteiger partial charge in [0.15, 0.2) is 5.78 Å². The fraction of sp³-hybridized carbons (Fsp3) is 0.222. The van der Waals surface area contributed by atoms with Crippen molar-refractivity contribution >= 4 is 40.2 Å². The van der Waals surface area contributed by atoms with Crippen molar-refractivity contribution in [3.63, 3.8) is 0 Å². The van der Waals surface area contributed by atoms with Crippen molar-refractivity contribution in [1.82, 2.24) is 9.78 Å². The van der Waals surface area contributed by atoms with Gasteiger partial charge in [-0.2, -0.15) is 5.10 Å². The van der Waals surface area contributed by atoms with Gasteiger partial charge in [0, 0.05) is 38.9 Å². The first kappa shape index (κ1) is 22.0. The number of allylic oxidation sites excluding steroid dienone is 2. The number of nitrogens with zero attached hydrogens (tertiary/aromatic N) is 2. The highest BCUT2D eigenvalue weighted by molar-refractivity contribution is 7.10. The summed E-state index contributed by atoms with van der Waals surface area (Å²) in [6.45, 7) is 4.01. The fourth-order valence-electron chi connectivity index (χ4n) is 5.36. The molecule has 176 valence electrons. The third-order valence-electron chi connectivity index (χ3n) is 6.93. The molecule has 2 N–H and O–H groups in total. The van der Waals surface area contributed by atoms with Gasteiger partial charge >= 0.3 is 5.97 Å². The van der Waals surface area contributed by atoms with E-state index in [0.717, 1.165) is 45.2 Å². The van der Waals surface area contributed by atoms with E-state index < -0.39 is 5.97 Å². The second-order valence-corrected chi connectivity index (χ2v) is 11.0. The third kappa shape index (κ3) is 3.47. The zero-order valence-corrected chi connectivity index (χ0v) is 20.9. The summed E-state index contributed by atoms with van der Waals surface area (Å²) in [7, 11) is 0. The summed E-state index contributed by atoms with van der Waals surface area (Å²) < 4.78 is 1.70. The van der Waals surface area contributed by atoms with Gasteiger partial charge in [-0.1, -0.05) is 18.2 Å².